The van der Waals surface area contributed by atoms with Gasteiger partial charge in [-0.15, -0.1) is 0 Å². The lowest BCUT2D eigenvalue weighted by atomic mass is 9.90. The monoisotopic (exact) mass is 269 g/mol. The molecule has 108 valence electrons. The largest absolute Gasteiger partial charge is 0.464 e. The number of rotatable bonds is 8. The van der Waals surface area contributed by atoms with E-state index in [0.717, 1.165) is 0 Å². The minimum atomic E-state index is -0.0348. The van der Waals surface area contributed by atoms with Gasteiger partial charge in [0.1, 0.15) is 0 Å². The van der Waals surface area contributed by atoms with Crippen LogP contribution in [0.4, 0.5) is 11.9 Å². The van der Waals surface area contributed by atoms with E-state index in [1.54, 1.807) is 7.05 Å². The Morgan fingerprint density at radius 1 is 1.21 bits per heavy atom. The molecule has 0 unspecified atom stereocenters. The molecule has 1 heterocycles. The molecule has 0 saturated heterocycles. The Morgan fingerprint density at radius 3 is 2.47 bits per heavy atom. The van der Waals surface area contributed by atoms with Crippen LogP contribution < -0.4 is 15.4 Å². The van der Waals surface area contributed by atoms with Gasteiger partial charge in [-0.3, -0.25) is 0 Å². The third-order valence-corrected chi connectivity index (χ3v) is 2.63. The van der Waals surface area contributed by atoms with Gasteiger partial charge >= 0.3 is 6.01 Å². The topological polar surface area (TPSA) is 92.2 Å². The van der Waals surface area contributed by atoms with Crippen LogP contribution in [-0.2, 0) is 0 Å². The molecule has 0 aromatic carbocycles. The van der Waals surface area contributed by atoms with E-state index >= 15 is 0 Å². The Bertz CT molecular complexity index is 398. The van der Waals surface area contributed by atoms with Crippen molar-refractivity contribution in [3.8, 4) is 6.01 Å². The van der Waals surface area contributed by atoms with Gasteiger partial charge in [0.05, 0.1) is 6.61 Å². The summed E-state index contributed by atoms with van der Waals surface area (Å²) >= 11 is 0. The number of nitrogens with one attached hydrogen (secondary N) is 2. The van der Waals surface area contributed by atoms with Crippen LogP contribution in [0, 0.1) is 5.41 Å². The third kappa shape index (κ3) is 5.25. The fraction of sp³-hybridized carbons (Fsp3) is 0.750. The van der Waals surface area contributed by atoms with Crippen LogP contribution in [0.1, 0.15) is 27.2 Å². The Balaban J connectivity index is 2.74. The van der Waals surface area contributed by atoms with Crippen molar-refractivity contribution >= 4 is 11.9 Å². The summed E-state index contributed by atoms with van der Waals surface area (Å²) in [4.78, 5) is 12.5. The van der Waals surface area contributed by atoms with Crippen LogP contribution in [0.5, 0.6) is 6.01 Å². The standard InChI is InChI=1S/C12H23N5O2/c1-5-19-11-16-9(13-4)15-10(17-11)14-8-12(2,3)6-7-18/h18H,5-8H2,1-4H3,(H2,13,14,15,16,17). The number of aliphatic hydroxyl groups is 1. The van der Waals surface area contributed by atoms with E-state index in [0.29, 0.717) is 37.5 Å². The number of aliphatic hydroxyl groups excluding tert-OH is 1. The molecule has 0 amide bonds. The maximum Gasteiger partial charge on any atom is 0.323 e. The summed E-state index contributed by atoms with van der Waals surface area (Å²) in [6.45, 7) is 7.34. The van der Waals surface area contributed by atoms with E-state index in [4.69, 9.17) is 9.84 Å². The predicted molar refractivity (Wildman–Crippen MR) is 74.5 cm³/mol. The first-order chi connectivity index (χ1) is 9.00. The van der Waals surface area contributed by atoms with Gasteiger partial charge in [0.25, 0.3) is 0 Å². The van der Waals surface area contributed by atoms with Crippen LogP contribution in [0.15, 0.2) is 0 Å². The van der Waals surface area contributed by atoms with Gasteiger partial charge in [-0.2, -0.15) is 15.0 Å². The first kappa shape index (κ1) is 15.4. The van der Waals surface area contributed by atoms with Crippen LogP contribution >= 0.6 is 0 Å². The molecule has 7 nitrogen and oxygen atoms in total. The van der Waals surface area contributed by atoms with Crippen molar-refractivity contribution in [2.75, 3.05) is 37.4 Å². The first-order valence-electron chi connectivity index (χ1n) is 6.42. The second-order valence-corrected chi connectivity index (χ2v) is 4.94. The van der Waals surface area contributed by atoms with Gasteiger partial charge in [-0.25, -0.2) is 0 Å². The van der Waals surface area contributed by atoms with E-state index in [1.807, 2.05) is 6.92 Å². The molecule has 1 rings (SSSR count). The van der Waals surface area contributed by atoms with Crippen molar-refractivity contribution in [2.45, 2.75) is 27.2 Å². The zero-order chi connectivity index (χ0) is 14.3. The molecule has 0 aliphatic heterocycles. The average Bonchev–Trinajstić information content (AvgIpc) is 2.36. The Kier molecular flexibility index (Phi) is 5.75. The van der Waals surface area contributed by atoms with Crippen LogP contribution in [0.25, 0.3) is 0 Å². The second-order valence-electron chi connectivity index (χ2n) is 4.94. The summed E-state index contributed by atoms with van der Waals surface area (Å²) in [5, 5.41) is 15.0. The van der Waals surface area contributed by atoms with Crippen LogP contribution in [0.3, 0.4) is 0 Å². The van der Waals surface area contributed by atoms with Crippen molar-refractivity contribution in [1.29, 1.82) is 0 Å². The maximum atomic E-state index is 9.00. The number of aromatic nitrogens is 3. The van der Waals surface area contributed by atoms with Crippen LogP contribution in [-0.4, -0.2) is 46.9 Å². The SMILES string of the molecule is CCOc1nc(NC)nc(NCC(C)(C)CCO)n1. The Labute approximate surface area is 113 Å². The molecule has 0 atom stereocenters. The van der Waals surface area contributed by atoms with E-state index < -0.39 is 0 Å². The van der Waals surface area contributed by atoms with Crippen molar-refractivity contribution < 1.29 is 9.84 Å². The molecular weight excluding hydrogens is 246 g/mol. The smallest absolute Gasteiger partial charge is 0.323 e. The number of ether oxygens (including phenoxy) is 1. The van der Waals surface area contributed by atoms with Gasteiger partial charge < -0.3 is 20.5 Å². The fourth-order valence-electron chi connectivity index (χ4n) is 1.45. The highest BCUT2D eigenvalue weighted by molar-refractivity contribution is 5.35. The summed E-state index contributed by atoms with van der Waals surface area (Å²) in [5.74, 6) is 0.926. The van der Waals surface area contributed by atoms with Crippen molar-refractivity contribution in [2.24, 2.45) is 5.41 Å². The zero-order valence-corrected chi connectivity index (χ0v) is 12.0. The highest BCUT2D eigenvalue weighted by Crippen LogP contribution is 2.20. The van der Waals surface area contributed by atoms with E-state index in [2.05, 4.69) is 39.4 Å². The van der Waals surface area contributed by atoms with E-state index in [9.17, 15) is 0 Å². The molecule has 1 aromatic heterocycles. The molecule has 0 radical (unpaired) electrons. The van der Waals surface area contributed by atoms with Crippen molar-refractivity contribution in [1.82, 2.24) is 15.0 Å². The molecule has 0 fully saturated rings. The summed E-state index contributed by atoms with van der Waals surface area (Å²) in [5.41, 5.74) is -0.0348. The van der Waals surface area contributed by atoms with Crippen LogP contribution in [0.2, 0.25) is 0 Å². The molecule has 1 aromatic rings. The molecular formula is C12H23N5O2. The predicted octanol–water partition coefficient (Wildman–Crippen LogP) is 1.13. The summed E-state index contributed by atoms with van der Waals surface area (Å²) < 4.78 is 5.29. The lowest BCUT2D eigenvalue weighted by molar-refractivity contribution is 0.220. The average molecular weight is 269 g/mol. The maximum absolute atomic E-state index is 9.00. The highest BCUT2D eigenvalue weighted by Gasteiger charge is 2.17. The zero-order valence-electron chi connectivity index (χ0n) is 12.0. The fourth-order valence-corrected chi connectivity index (χ4v) is 1.45. The van der Waals surface area contributed by atoms with Gasteiger partial charge in [0.2, 0.25) is 11.9 Å². The molecule has 0 spiro atoms. The summed E-state index contributed by atoms with van der Waals surface area (Å²) in [6.07, 6.45) is 0.711. The van der Waals surface area contributed by atoms with Gasteiger partial charge in [-0.1, -0.05) is 13.8 Å². The number of hydrogen-bond acceptors (Lipinski definition) is 7. The van der Waals surface area contributed by atoms with Crippen molar-refractivity contribution in [3.05, 3.63) is 0 Å². The molecule has 0 aliphatic rings. The van der Waals surface area contributed by atoms with E-state index in [-0.39, 0.29) is 12.0 Å². The third-order valence-electron chi connectivity index (χ3n) is 2.63. The molecule has 7 heteroatoms. The van der Waals surface area contributed by atoms with E-state index in [1.165, 1.54) is 0 Å². The first-order valence-corrected chi connectivity index (χ1v) is 6.42. The van der Waals surface area contributed by atoms with Gasteiger partial charge in [-0.05, 0) is 18.8 Å². The second kappa shape index (κ2) is 7.08. The summed E-state index contributed by atoms with van der Waals surface area (Å²) in [7, 11) is 1.74. The quantitative estimate of drug-likeness (QED) is 0.651. The molecule has 0 bridgehead atoms. The van der Waals surface area contributed by atoms with Gasteiger partial charge in [0, 0.05) is 20.2 Å². The molecule has 19 heavy (non-hydrogen) atoms. The van der Waals surface area contributed by atoms with Gasteiger partial charge in [0.15, 0.2) is 0 Å². The number of nitrogens with zero attached hydrogens (tertiary/aromatic N) is 3. The summed E-state index contributed by atoms with van der Waals surface area (Å²) in [6, 6.07) is 0.296. The normalized spacial score (nSPS) is 11.2. The lowest BCUT2D eigenvalue weighted by Gasteiger charge is -2.23. The molecule has 3 N–H and O–H groups in total. The Hall–Kier alpha value is -1.63. The lowest BCUT2D eigenvalue weighted by Crippen LogP contribution is -2.25. The highest BCUT2D eigenvalue weighted by atomic mass is 16.5. The number of hydrogen-bond donors (Lipinski definition) is 3. The number of anilines is 2. The molecule has 0 saturated carbocycles. The minimum absolute atomic E-state index is 0.0348. The minimum Gasteiger partial charge on any atom is -0.464 e. The Morgan fingerprint density at radius 2 is 1.89 bits per heavy atom. The van der Waals surface area contributed by atoms with Crippen molar-refractivity contribution in [3.63, 3.8) is 0 Å². The molecule has 0 aliphatic carbocycles.